The summed E-state index contributed by atoms with van der Waals surface area (Å²) in [6.07, 6.45) is 1.09. The molecule has 142 valence electrons. The molecule has 2 saturated heterocycles. The van der Waals surface area contributed by atoms with Crippen LogP contribution in [0.3, 0.4) is 0 Å². The molecule has 4 atom stereocenters. The fourth-order valence-electron chi connectivity index (χ4n) is 4.86. The Hall–Kier alpha value is -2.17. The molecule has 4 rings (SSSR count). The summed E-state index contributed by atoms with van der Waals surface area (Å²) in [4.78, 5) is 14.3. The molecule has 4 nitrogen and oxygen atoms in total. The number of primary amides is 1. The Morgan fingerprint density at radius 3 is 2.67 bits per heavy atom. The first-order valence-electron chi connectivity index (χ1n) is 9.90. The molecular weight excluding hydrogens is 334 g/mol. The van der Waals surface area contributed by atoms with E-state index in [1.807, 2.05) is 18.2 Å². The van der Waals surface area contributed by atoms with Crippen molar-refractivity contribution < 1.29 is 4.79 Å². The van der Waals surface area contributed by atoms with Crippen molar-refractivity contribution in [3.05, 3.63) is 71.3 Å². The Labute approximate surface area is 161 Å². The zero-order valence-electron chi connectivity index (χ0n) is 16.2. The number of nitrogens with two attached hydrogens (primary N) is 1. The van der Waals surface area contributed by atoms with Gasteiger partial charge in [-0.15, -0.1) is 0 Å². The average molecular weight is 364 g/mol. The molecule has 1 amide bonds. The lowest BCUT2D eigenvalue weighted by molar-refractivity contribution is 0.0242. The second kappa shape index (κ2) is 7.10. The highest BCUT2D eigenvalue weighted by Crippen LogP contribution is 2.43. The van der Waals surface area contributed by atoms with Crippen molar-refractivity contribution in [1.29, 1.82) is 0 Å². The van der Waals surface area contributed by atoms with Crippen LogP contribution in [0, 0.1) is 5.92 Å². The molecule has 2 heterocycles. The van der Waals surface area contributed by atoms with E-state index >= 15 is 0 Å². The predicted octanol–water partition coefficient (Wildman–Crippen LogP) is 3.10. The number of carbonyl (C=O) groups excluding carboxylic acids is 1. The molecule has 2 aromatic carbocycles. The summed E-state index contributed by atoms with van der Waals surface area (Å²) in [5.74, 6) is 0.155. The molecular formula is C23H29N3O. The van der Waals surface area contributed by atoms with Crippen LogP contribution in [0.5, 0.6) is 0 Å². The number of rotatable bonds is 3. The molecule has 0 saturated carbocycles. The minimum atomic E-state index is -0.351. The monoisotopic (exact) mass is 363 g/mol. The van der Waals surface area contributed by atoms with Gasteiger partial charge in [-0.3, -0.25) is 9.69 Å². The Balaban J connectivity index is 1.54. The number of amides is 1. The van der Waals surface area contributed by atoms with Gasteiger partial charge in [-0.05, 0) is 41.0 Å². The maximum absolute atomic E-state index is 11.6. The molecule has 2 aliphatic heterocycles. The van der Waals surface area contributed by atoms with E-state index in [9.17, 15) is 4.79 Å². The number of nitrogens with one attached hydrogen (secondary N) is 1. The third-order valence-corrected chi connectivity index (χ3v) is 6.80. The first-order valence-corrected chi connectivity index (χ1v) is 9.90. The minimum absolute atomic E-state index is 0.0495. The summed E-state index contributed by atoms with van der Waals surface area (Å²) in [6, 6.07) is 19.6. The van der Waals surface area contributed by atoms with Crippen molar-refractivity contribution in [2.45, 2.75) is 37.8 Å². The third kappa shape index (κ3) is 3.40. The molecule has 0 aromatic heterocycles. The summed E-state index contributed by atoms with van der Waals surface area (Å²) >= 11 is 0. The number of fused-ring (bicyclic) bond motifs is 1. The van der Waals surface area contributed by atoms with Crippen LogP contribution in [0.25, 0.3) is 0 Å². The zero-order valence-corrected chi connectivity index (χ0v) is 16.2. The molecule has 3 N–H and O–H groups in total. The SMILES string of the molecule is C[C@H]1CN2C[C@H](c3ccccc3)NC[C@H]2CC1(C)c1cccc(C(N)=O)c1. The van der Waals surface area contributed by atoms with Gasteiger partial charge in [-0.25, -0.2) is 0 Å². The van der Waals surface area contributed by atoms with Crippen molar-refractivity contribution in [3.8, 4) is 0 Å². The Morgan fingerprint density at radius 2 is 1.93 bits per heavy atom. The van der Waals surface area contributed by atoms with E-state index in [0.29, 0.717) is 23.6 Å². The first kappa shape index (κ1) is 18.2. The predicted molar refractivity (Wildman–Crippen MR) is 109 cm³/mol. The summed E-state index contributed by atoms with van der Waals surface area (Å²) in [5, 5.41) is 3.75. The topological polar surface area (TPSA) is 58.4 Å². The quantitative estimate of drug-likeness (QED) is 0.881. The zero-order chi connectivity index (χ0) is 19.0. The normalized spacial score (nSPS) is 31.3. The molecule has 0 aliphatic carbocycles. The van der Waals surface area contributed by atoms with Gasteiger partial charge >= 0.3 is 0 Å². The Morgan fingerprint density at radius 1 is 1.15 bits per heavy atom. The number of hydrogen-bond acceptors (Lipinski definition) is 3. The third-order valence-electron chi connectivity index (χ3n) is 6.80. The lowest BCUT2D eigenvalue weighted by atomic mass is 9.65. The van der Waals surface area contributed by atoms with Crippen LogP contribution >= 0.6 is 0 Å². The van der Waals surface area contributed by atoms with Gasteiger partial charge in [0, 0.05) is 37.3 Å². The lowest BCUT2D eigenvalue weighted by Gasteiger charge is -2.53. The van der Waals surface area contributed by atoms with Gasteiger partial charge in [0.1, 0.15) is 0 Å². The average Bonchev–Trinajstić information content (AvgIpc) is 2.69. The second-order valence-electron chi connectivity index (χ2n) is 8.45. The van der Waals surface area contributed by atoms with Crippen LogP contribution in [0.1, 0.15) is 47.8 Å². The highest BCUT2D eigenvalue weighted by atomic mass is 16.1. The second-order valence-corrected chi connectivity index (χ2v) is 8.45. The molecule has 2 aliphatic rings. The smallest absolute Gasteiger partial charge is 0.248 e. The van der Waals surface area contributed by atoms with Crippen molar-refractivity contribution in [2.24, 2.45) is 11.7 Å². The molecule has 0 spiro atoms. The van der Waals surface area contributed by atoms with Crippen LogP contribution in [0.4, 0.5) is 0 Å². The van der Waals surface area contributed by atoms with E-state index < -0.39 is 0 Å². The molecule has 0 radical (unpaired) electrons. The Bertz CT molecular complexity index is 821. The summed E-state index contributed by atoms with van der Waals surface area (Å²) < 4.78 is 0. The molecule has 2 fully saturated rings. The van der Waals surface area contributed by atoms with Gasteiger partial charge in [0.25, 0.3) is 0 Å². The van der Waals surface area contributed by atoms with Gasteiger partial charge < -0.3 is 11.1 Å². The number of carbonyl (C=O) groups is 1. The van der Waals surface area contributed by atoms with Crippen LogP contribution < -0.4 is 11.1 Å². The van der Waals surface area contributed by atoms with E-state index in [4.69, 9.17) is 5.73 Å². The maximum Gasteiger partial charge on any atom is 0.248 e. The van der Waals surface area contributed by atoms with Gasteiger partial charge in [-0.1, -0.05) is 56.3 Å². The van der Waals surface area contributed by atoms with Gasteiger partial charge in [0.15, 0.2) is 0 Å². The van der Waals surface area contributed by atoms with Gasteiger partial charge in [-0.2, -0.15) is 0 Å². The molecule has 27 heavy (non-hydrogen) atoms. The van der Waals surface area contributed by atoms with E-state index in [1.54, 1.807) is 0 Å². The lowest BCUT2D eigenvalue weighted by Crippen LogP contribution is -2.60. The van der Waals surface area contributed by atoms with Crippen LogP contribution in [0.2, 0.25) is 0 Å². The highest BCUT2D eigenvalue weighted by molar-refractivity contribution is 5.92. The summed E-state index contributed by atoms with van der Waals surface area (Å²) in [6.45, 7) is 7.81. The fraction of sp³-hybridized carbons (Fsp3) is 0.435. The van der Waals surface area contributed by atoms with E-state index in [1.165, 1.54) is 11.1 Å². The largest absolute Gasteiger partial charge is 0.366 e. The van der Waals surface area contributed by atoms with Crippen molar-refractivity contribution in [2.75, 3.05) is 19.6 Å². The fourth-order valence-corrected chi connectivity index (χ4v) is 4.86. The standard InChI is InChI=1S/C23H29N3O/c1-16-14-26-15-21(17-7-4-3-5-8-17)25-13-20(26)12-23(16,2)19-10-6-9-18(11-19)22(24)27/h3-11,16,20-21,25H,12-15H2,1-2H3,(H2,24,27)/t16-,20+,21+,23?/m0/s1. The van der Waals surface area contributed by atoms with Crippen LogP contribution in [-0.2, 0) is 5.41 Å². The summed E-state index contributed by atoms with van der Waals surface area (Å²) in [7, 11) is 0. The first-order chi connectivity index (χ1) is 13.0. The van der Waals surface area contributed by atoms with Gasteiger partial charge in [0.05, 0.1) is 0 Å². The van der Waals surface area contributed by atoms with E-state index in [2.05, 4.69) is 60.5 Å². The molecule has 2 aromatic rings. The van der Waals surface area contributed by atoms with E-state index in [-0.39, 0.29) is 11.3 Å². The van der Waals surface area contributed by atoms with E-state index in [0.717, 1.165) is 26.1 Å². The van der Waals surface area contributed by atoms with Crippen molar-refractivity contribution >= 4 is 5.91 Å². The maximum atomic E-state index is 11.6. The van der Waals surface area contributed by atoms with Crippen molar-refractivity contribution in [1.82, 2.24) is 10.2 Å². The van der Waals surface area contributed by atoms with Crippen molar-refractivity contribution in [3.63, 3.8) is 0 Å². The summed E-state index contributed by atoms with van der Waals surface area (Å²) in [5.41, 5.74) is 8.76. The molecule has 0 bridgehead atoms. The highest BCUT2D eigenvalue weighted by Gasteiger charge is 2.44. The molecule has 4 heteroatoms. The number of hydrogen-bond donors (Lipinski definition) is 2. The molecule has 1 unspecified atom stereocenters. The number of nitrogens with zero attached hydrogens (tertiary/aromatic N) is 1. The number of benzene rings is 2. The van der Waals surface area contributed by atoms with Gasteiger partial charge in [0.2, 0.25) is 5.91 Å². The number of piperidine rings is 1. The Kier molecular flexibility index (Phi) is 4.79. The minimum Gasteiger partial charge on any atom is -0.366 e. The van der Waals surface area contributed by atoms with Crippen LogP contribution in [-0.4, -0.2) is 36.5 Å². The number of piperazine rings is 1. The van der Waals surface area contributed by atoms with Crippen LogP contribution in [0.15, 0.2) is 54.6 Å².